The van der Waals surface area contributed by atoms with Gasteiger partial charge in [0.25, 0.3) is 0 Å². The molecule has 0 radical (unpaired) electrons. The van der Waals surface area contributed by atoms with Crippen molar-refractivity contribution in [3.8, 4) is 0 Å². The Morgan fingerprint density at radius 3 is 1.75 bits per heavy atom. The van der Waals surface area contributed by atoms with Gasteiger partial charge < -0.3 is 0 Å². The zero-order valence-corrected chi connectivity index (χ0v) is 5.82. The number of rotatable bonds is 2. The maximum atomic E-state index is 9.65. The first-order chi connectivity index (χ1) is 3.55. The van der Waals surface area contributed by atoms with E-state index in [0.29, 0.717) is 0 Å². The van der Waals surface area contributed by atoms with Crippen LogP contribution in [0.5, 0.6) is 0 Å². The summed E-state index contributed by atoms with van der Waals surface area (Å²) in [5, 5.41) is 9.65. The Labute approximate surface area is 60.7 Å². The molecule has 1 atom stereocenters. The molecule has 0 N–H and O–H groups in total. The van der Waals surface area contributed by atoms with E-state index in [1.807, 2.05) is 0 Å². The molecule has 0 saturated carbocycles. The van der Waals surface area contributed by atoms with Crippen LogP contribution in [0.2, 0.25) is 0 Å². The van der Waals surface area contributed by atoms with Gasteiger partial charge in [-0.3, -0.25) is 10.1 Å². The number of hydrogen-bond donors (Lipinski definition) is 0. The van der Waals surface area contributed by atoms with Crippen LogP contribution < -0.4 is 0 Å². The predicted molar refractivity (Wildman–Crippen MR) is 32.1 cm³/mol. The molecule has 0 heterocycles. The van der Waals surface area contributed by atoms with Gasteiger partial charge in [0.1, 0.15) is 0 Å². The SMILES string of the molecule is O=[N+]([O-])C(Cl)C(Cl)Cl. The van der Waals surface area contributed by atoms with Crippen LogP contribution in [0.3, 0.4) is 0 Å². The second-order valence-electron chi connectivity index (χ2n) is 0.992. The molecule has 0 aliphatic carbocycles. The third kappa shape index (κ3) is 2.55. The van der Waals surface area contributed by atoms with Gasteiger partial charge in [-0.05, 0) is 11.6 Å². The normalized spacial score (nSPS) is 14.0. The molecule has 0 aliphatic heterocycles. The molecule has 0 aliphatic rings. The van der Waals surface area contributed by atoms with Gasteiger partial charge in [-0.1, -0.05) is 23.2 Å². The molecule has 0 aromatic heterocycles. The summed E-state index contributed by atoms with van der Waals surface area (Å²) in [5.74, 6) is 0. The first kappa shape index (κ1) is 8.27. The molecule has 48 valence electrons. The van der Waals surface area contributed by atoms with E-state index in [0.717, 1.165) is 0 Å². The quantitative estimate of drug-likeness (QED) is 0.279. The molecule has 0 fully saturated rings. The fourth-order valence-corrected chi connectivity index (χ4v) is 0.276. The van der Waals surface area contributed by atoms with Gasteiger partial charge in [0.05, 0.1) is 0 Å². The average molecular weight is 178 g/mol. The standard InChI is InChI=1S/C2H2Cl3NO2/c3-1(4)2(5)6(7)8/h1-2H. The molecule has 6 heteroatoms. The number of nitro groups is 1. The van der Waals surface area contributed by atoms with Gasteiger partial charge >= 0.3 is 5.50 Å². The molecular formula is C2H2Cl3NO2. The van der Waals surface area contributed by atoms with Crippen molar-refractivity contribution in [1.82, 2.24) is 0 Å². The maximum absolute atomic E-state index is 9.65. The van der Waals surface area contributed by atoms with Crippen LogP contribution in [0.15, 0.2) is 0 Å². The number of alkyl halides is 3. The molecule has 3 nitrogen and oxygen atoms in total. The minimum Gasteiger partial charge on any atom is -0.263 e. The van der Waals surface area contributed by atoms with Crippen molar-refractivity contribution < 1.29 is 4.92 Å². The zero-order chi connectivity index (χ0) is 6.73. The van der Waals surface area contributed by atoms with Gasteiger partial charge in [-0.15, -0.1) is 0 Å². The summed E-state index contributed by atoms with van der Waals surface area (Å²) in [7, 11) is 0. The Morgan fingerprint density at radius 2 is 1.75 bits per heavy atom. The first-order valence-electron chi connectivity index (χ1n) is 1.61. The van der Waals surface area contributed by atoms with Gasteiger partial charge in [-0.25, -0.2) is 0 Å². The summed E-state index contributed by atoms with van der Waals surface area (Å²) in [6.07, 6.45) is 0. The summed E-state index contributed by atoms with van der Waals surface area (Å²) < 4.78 is 0. The van der Waals surface area contributed by atoms with Crippen LogP contribution in [-0.4, -0.2) is 15.3 Å². The number of hydrogen-bond acceptors (Lipinski definition) is 2. The smallest absolute Gasteiger partial charge is 0.263 e. The van der Waals surface area contributed by atoms with Gasteiger partial charge in [-0.2, -0.15) is 0 Å². The van der Waals surface area contributed by atoms with E-state index in [4.69, 9.17) is 34.8 Å². The van der Waals surface area contributed by atoms with Gasteiger partial charge in [0.2, 0.25) is 0 Å². The third-order valence-corrected chi connectivity index (χ3v) is 1.56. The summed E-state index contributed by atoms with van der Waals surface area (Å²) in [6, 6.07) is 0. The molecule has 0 amide bonds. The maximum Gasteiger partial charge on any atom is 0.315 e. The average Bonchev–Trinajstić information content (AvgIpc) is 1.64. The lowest BCUT2D eigenvalue weighted by molar-refractivity contribution is -0.494. The van der Waals surface area contributed by atoms with E-state index < -0.39 is 15.3 Å². The van der Waals surface area contributed by atoms with E-state index in [1.54, 1.807) is 0 Å². The van der Waals surface area contributed by atoms with Crippen molar-refractivity contribution in [3.63, 3.8) is 0 Å². The first-order valence-corrected chi connectivity index (χ1v) is 2.92. The highest BCUT2D eigenvalue weighted by atomic mass is 35.5. The van der Waals surface area contributed by atoms with Crippen LogP contribution in [0.1, 0.15) is 0 Å². The van der Waals surface area contributed by atoms with E-state index in [-0.39, 0.29) is 0 Å². The van der Waals surface area contributed by atoms with Crippen molar-refractivity contribution in [2.75, 3.05) is 0 Å². The second kappa shape index (κ2) is 3.33. The number of halogens is 3. The van der Waals surface area contributed by atoms with Crippen LogP contribution in [0.4, 0.5) is 0 Å². The summed E-state index contributed by atoms with van der Waals surface area (Å²) in [5.41, 5.74) is -1.40. The predicted octanol–water partition coefficient (Wildman–Crippen LogP) is 1.63. The van der Waals surface area contributed by atoms with E-state index in [2.05, 4.69) is 0 Å². The highest BCUT2D eigenvalue weighted by molar-refractivity contribution is 6.47. The molecular weight excluding hydrogens is 176 g/mol. The van der Waals surface area contributed by atoms with Crippen molar-refractivity contribution in [2.45, 2.75) is 10.3 Å². The summed E-state index contributed by atoms with van der Waals surface area (Å²) >= 11 is 15.0. The molecule has 8 heavy (non-hydrogen) atoms. The zero-order valence-electron chi connectivity index (χ0n) is 3.55. The molecule has 0 bridgehead atoms. The lowest BCUT2D eigenvalue weighted by Gasteiger charge is -1.98. The lowest BCUT2D eigenvalue weighted by atomic mass is 10.8. The van der Waals surface area contributed by atoms with E-state index in [1.165, 1.54) is 0 Å². The molecule has 0 aromatic carbocycles. The fraction of sp³-hybridized carbons (Fsp3) is 1.00. The Morgan fingerprint density at radius 1 is 1.38 bits per heavy atom. The van der Waals surface area contributed by atoms with Crippen molar-refractivity contribution in [3.05, 3.63) is 10.1 Å². The molecule has 0 spiro atoms. The molecule has 0 aromatic rings. The largest absolute Gasteiger partial charge is 0.315 e. The topological polar surface area (TPSA) is 43.1 Å². The number of nitrogens with zero attached hydrogens (tertiary/aromatic N) is 1. The van der Waals surface area contributed by atoms with Crippen LogP contribution in [0, 0.1) is 10.1 Å². The minimum absolute atomic E-state index is 0.758. The Hall–Kier alpha value is 0.270. The van der Waals surface area contributed by atoms with Crippen LogP contribution in [0.25, 0.3) is 0 Å². The fourth-order valence-electron chi connectivity index (χ4n) is 0.0920. The highest BCUT2D eigenvalue weighted by Gasteiger charge is 2.23. The van der Waals surface area contributed by atoms with Crippen molar-refractivity contribution >= 4 is 34.8 Å². The lowest BCUT2D eigenvalue weighted by Crippen LogP contribution is -2.18. The van der Waals surface area contributed by atoms with E-state index in [9.17, 15) is 10.1 Å². The van der Waals surface area contributed by atoms with Crippen molar-refractivity contribution in [2.24, 2.45) is 0 Å². The Balaban J connectivity index is 3.64. The summed E-state index contributed by atoms with van der Waals surface area (Å²) in [6.45, 7) is 0. The van der Waals surface area contributed by atoms with Gasteiger partial charge in [0, 0.05) is 4.92 Å². The summed E-state index contributed by atoms with van der Waals surface area (Å²) in [4.78, 5) is 7.74. The van der Waals surface area contributed by atoms with Crippen LogP contribution in [-0.2, 0) is 0 Å². The minimum atomic E-state index is -1.40. The Bertz CT molecular complexity index is 95.3. The third-order valence-electron chi connectivity index (χ3n) is 0.409. The second-order valence-corrected chi connectivity index (χ2v) is 2.60. The van der Waals surface area contributed by atoms with Crippen LogP contribution >= 0.6 is 34.8 Å². The molecule has 1 unspecified atom stereocenters. The monoisotopic (exact) mass is 177 g/mol. The van der Waals surface area contributed by atoms with E-state index >= 15 is 0 Å². The van der Waals surface area contributed by atoms with Gasteiger partial charge in [0.15, 0.2) is 4.84 Å². The molecule has 0 rings (SSSR count). The van der Waals surface area contributed by atoms with Crippen molar-refractivity contribution in [1.29, 1.82) is 0 Å². The molecule has 0 saturated heterocycles. The Kier molecular flexibility index (Phi) is 3.44. The highest BCUT2D eigenvalue weighted by Crippen LogP contribution is 2.13.